The van der Waals surface area contributed by atoms with E-state index in [0.717, 1.165) is 12.1 Å². The summed E-state index contributed by atoms with van der Waals surface area (Å²) in [6, 6.07) is 4.72. The second kappa shape index (κ2) is 6.81. The van der Waals surface area contributed by atoms with Crippen molar-refractivity contribution >= 4 is 26.9 Å². The van der Waals surface area contributed by atoms with Crippen molar-refractivity contribution in [2.75, 3.05) is 11.9 Å². The lowest BCUT2D eigenvalue weighted by atomic mass is 9.80. The van der Waals surface area contributed by atoms with Crippen LogP contribution in [-0.2, 0) is 15.1 Å². The quantitative estimate of drug-likeness (QED) is 0.801. The number of halogens is 3. The van der Waals surface area contributed by atoms with Crippen LogP contribution in [0.1, 0.15) is 19.8 Å². The minimum atomic E-state index is -4.78. The number of amides is 1. The molecular formula is C14H15F3N2O4S. The standard InChI is InChI=1S/C14H15F3N2O4S/c1-13(6-7-18-11(8-13)24(21)22)12(20)19-9-2-4-10(5-3-9)23-14(15,16)17/h2-5,18H,6-8H2,1H3,(H,19,20). The number of alkyl halides is 3. The van der Waals surface area contributed by atoms with Gasteiger partial charge >= 0.3 is 6.36 Å². The lowest BCUT2D eigenvalue weighted by Crippen LogP contribution is -2.46. The van der Waals surface area contributed by atoms with Gasteiger partial charge in [0.2, 0.25) is 16.2 Å². The van der Waals surface area contributed by atoms with Gasteiger partial charge in [-0.05, 0) is 30.7 Å². The Bertz CT molecular complexity index is 751. The van der Waals surface area contributed by atoms with Crippen LogP contribution in [0.15, 0.2) is 24.3 Å². The molecule has 1 heterocycles. The Labute approximate surface area is 137 Å². The predicted molar refractivity (Wildman–Crippen MR) is 81.0 cm³/mol. The Morgan fingerprint density at radius 1 is 1.29 bits per heavy atom. The number of hydrogen-bond acceptors (Lipinski definition) is 4. The average molecular weight is 364 g/mol. The molecule has 1 aliphatic heterocycles. The molecule has 1 aromatic rings. The highest BCUT2D eigenvalue weighted by Crippen LogP contribution is 2.31. The van der Waals surface area contributed by atoms with Crippen molar-refractivity contribution in [2.45, 2.75) is 26.1 Å². The van der Waals surface area contributed by atoms with Gasteiger partial charge < -0.3 is 10.1 Å². The molecule has 0 aliphatic carbocycles. The first kappa shape index (κ1) is 18.3. The van der Waals surface area contributed by atoms with Crippen molar-refractivity contribution in [1.82, 2.24) is 5.32 Å². The first-order valence-corrected chi connectivity index (χ1v) is 8.03. The van der Waals surface area contributed by atoms with Crippen LogP contribution in [0.2, 0.25) is 0 Å². The molecule has 2 rings (SSSR count). The molecule has 1 atom stereocenters. The molecule has 1 saturated heterocycles. The van der Waals surface area contributed by atoms with Gasteiger partial charge in [-0.3, -0.25) is 10.1 Å². The molecule has 0 saturated carbocycles. The Morgan fingerprint density at radius 3 is 2.46 bits per heavy atom. The Kier molecular flexibility index (Phi) is 5.19. The lowest BCUT2D eigenvalue weighted by molar-refractivity contribution is -0.274. The van der Waals surface area contributed by atoms with Crippen LogP contribution in [0.3, 0.4) is 0 Å². The van der Waals surface area contributed by atoms with E-state index in [1.165, 1.54) is 12.1 Å². The van der Waals surface area contributed by atoms with Crippen LogP contribution in [0.5, 0.6) is 5.75 Å². The van der Waals surface area contributed by atoms with Gasteiger partial charge in [0, 0.05) is 18.7 Å². The first-order valence-electron chi connectivity index (χ1n) is 6.95. The van der Waals surface area contributed by atoms with Gasteiger partial charge in [0.05, 0.1) is 5.41 Å². The zero-order chi connectivity index (χ0) is 18.0. The molecule has 24 heavy (non-hydrogen) atoms. The van der Waals surface area contributed by atoms with Crippen molar-refractivity contribution in [3.63, 3.8) is 0 Å². The van der Waals surface area contributed by atoms with E-state index in [4.69, 9.17) is 0 Å². The fraction of sp³-hybridized carbons (Fsp3) is 0.429. The summed E-state index contributed by atoms with van der Waals surface area (Å²) in [5.74, 6) is -0.803. The molecule has 1 aliphatic rings. The van der Waals surface area contributed by atoms with Crippen LogP contribution in [-0.4, -0.2) is 32.2 Å². The molecule has 1 amide bonds. The van der Waals surface area contributed by atoms with E-state index >= 15 is 0 Å². The van der Waals surface area contributed by atoms with Gasteiger partial charge in [0.1, 0.15) is 10.7 Å². The number of nitrogens with one attached hydrogen (secondary N) is 2. The van der Waals surface area contributed by atoms with Crippen LogP contribution in [0.4, 0.5) is 18.9 Å². The van der Waals surface area contributed by atoms with Crippen molar-refractivity contribution in [2.24, 2.45) is 5.41 Å². The largest absolute Gasteiger partial charge is 0.573 e. The number of ether oxygens (including phenoxy) is 1. The van der Waals surface area contributed by atoms with Gasteiger partial charge in [-0.25, -0.2) is 0 Å². The molecule has 1 aromatic carbocycles. The number of carbonyl (C=O) groups excluding carboxylic acids is 1. The molecule has 6 nitrogen and oxygen atoms in total. The maximum atomic E-state index is 12.4. The summed E-state index contributed by atoms with van der Waals surface area (Å²) in [4.78, 5) is 12.5. The summed E-state index contributed by atoms with van der Waals surface area (Å²) in [6.07, 6.45) is -4.33. The van der Waals surface area contributed by atoms with E-state index in [1.807, 2.05) is 0 Å². The monoisotopic (exact) mass is 364 g/mol. The molecule has 1 unspecified atom stereocenters. The normalized spacial score (nSPS) is 21.2. The average Bonchev–Trinajstić information content (AvgIpc) is 2.47. The molecule has 0 spiro atoms. The van der Waals surface area contributed by atoms with Gasteiger partial charge in [-0.15, -0.1) is 13.2 Å². The lowest BCUT2D eigenvalue weighted by Gasteiger charge is -2.32. The minimum Gasteiger partial charge on any atom is -0.406 e. The van der Waals surface area contributed by atoms with Crippen LogP contribution >= 0.6 is 0 Å². The molecule has 10 heteroatoms. The van der Waals surface area contributed by atoms with Gasteiger partial charge in [-0.2, -0.15) is 8.42 Å². The minimum absolute atomic E-state index is 0.0320. The van der Waals surface area contributed by atoms with Crippen molar-refractivity contribution < 1.29 is 31.1 Å². The third kappa shape index (κ3) is 4.71. The number of benzene rings is 1. The third-order valence-corrected chi connectivity index (χ3v) is 4.34. The summed E-state index contributed by atoms with van der Waals surface area (Å²) in [5.41, 5.74) is -0.638. The van der Waals surface area contributed by atoms with Crippen molar-refractivity contribution in [3.8, 4) is 5.75 Å². The number of rotatable bonds is 3. The predicted octanol–water partition coefficient (Wildman–Crippen LogP) is 1.92. The van der Waals surface area contributed by atoms with E-state index < -0.39 is 33.7 Å². The maximum Gasteiger partial charge on any atom is 0.573 e. The van der Waals surface area contributed by atoms with Crippen LogP contribution < -0.4 is 15.4 Å². The van der Waals surface area contributed by atoms with E-state index in [0.29, 0.717) is 18.7 Å². The summed E-state index contributed by atoms with van der Waals surface area (Å²) in [6.45, 7) is 1.97. The fourth-order valence-electron chi connectivity index (χ4n) is 2.32. The van der Waals surface area contributed by atoms with Crippen molar-refractivity contribution in [3.05, 3.63) is 24.3 Å². The van der Waals surface area contributed by atoms with Crippen LogP contribution in [0, 0.1) is 5.41 Å². The molecular weight excluding hydrogens is 349 g/mol. The number of piperidine rings is 1. The third-order valence-electron chi connectivity index (χ3n) is 3.64. The van der Waals surface area contributed by atoms with E-state index in [9.17, 15) is 26.4 Å². The highest BCUT2D eigenvalue weighted by Gasteiger charge is 2.37. The maximum absolute atomic E-state index is 12.4. The Hall–Kier alpha value is -2.07. The number of anilines is 1. The van der Waals surface area contributed by atoms with Gasteiger partial charge in [0.25, 0.3) is 0 Å². The Morgan fingerprint density at radius 2 is 1.92 bits per heavy atom. The SMILES string of the molecule is CC1(C(=O)Nc2ccc(OC(F)(F)F)cc2)CCNC(=S(=O)=O)C1. The molecule has 1 fully saturated rings. The zero-order valence-corrected chi connectivity index (χ0v) is 13.4. The highest BCUT2D eigenvalue weighted by atomic mass is 32.2. The molecule has 0 aromatic heterocycles. The Balaban J connectivity index is 2.07. The summed E-state index contributed by atoms with van der Waals surface area (Å²) in [7, 11) is -2.42. The zero-order valence-electron chi connectivity index (χ0n) is 12.6. The number of hydrogen-bond donors (Lipinski definition) is 2. The summed E-state index contributed by atoms with van der Waals surface area (Å²) >= 11 is 0. The summed E-state index contributed by atoms with van der Waals surface area (Å²) < 4.78 is 62.1. The summed E-state index contributed by atoms with van der Waals surface area (Å²) in [5, 5.41) is 5.31. The van der Waals surface area contributed by atoms with Crippen LogP contribution in [0.25, 0.3) is 0 Å². The fourth-order valence-corrected chi connectivity index (χ4v) is 2.97. The topological polar surface area (TPSA) is 84.5 Å². The second-order valence-electron chi connectivity index (χ2n) is 5.60. The molecule has 0 bridgehead atoms. The second-order valence-corrected chi connectivity index (χ2v) is 6.56. The van der Waals surface area contributed by atoms with E-state index in [-0.39, 0.29) is 11.4 Å². The first-order chi connectivity index (χ1) is 11.1. The molecule has 2 N–H and O–H groups in total. The smallest absolute Gasteiger partial charge is 0.406 e. The van der Waals surface area contributed by atoms with E-state index in [1.54, 1.807) is 6.92 Å². The highest BCUT2D eigenvalue weighted by molar-refractivity contribution is 7.72. The number of carbonyl (C=O) groups is 1. The van der Waals surface area contributed by atoms with Gasteiger partial charge in [-0.1, -0.05) is 6.92 Å². The van der Waals surface area contributed by atoms with Crippen molar-refractivity contribution in [1.29, 1.82) is 0 Å². The van der Waals surface area contributed by atoms with Gasteiger partial charge in [0.15, 0.2) is 0 Å². The van der Waals surface area contributed by atoms with E-state index in [2.05, 4.69) is 15.4 Å². The molecule has 132 valence electrons. The molecule has 0 radical (unpaired) electrons.